The smallest absolute Gasteiger partial charge is 0.206 e. The van der Waals surface area contributed by atoms with E-state index >= 15 is 0 Å². The van der Waals surface area contributed by atoms with Crippen LogP contribution in [0.3, 0.4) is 0 Å². The Morgan fingerprint density at radius 2 is 1.60 bits per heavy atom. The molecule has 0 spiro atoms. The molecule has 3 nitrogen and oxygen atoms in total. The lowest BCUT2D eigenvalue weighted by atomic mass is 10.4. The van der Waals surface area contributed by atoms with Crippen molar-refractivity contribution in [1.82, 2.24) is 0 Å². The molecule has 1 atom stereocenters. The highest BCUT2D eigenvalue weighted by Gasteiger charge is 2.41. The molecule has 0 aliphatic heterocycles. The van der Waals surface area contributed by atoms with E-state index in [1.165, 1.54) is 0 Å². The Kier molecular flexibility index (Phi) is 4.10. The van der Waals surface area contributed by atoms with Gasteiger partial charge in [-0.3, -0.25) is 0 Å². The first-order valence-electron chi connectivity index (χ1n) is 2.84. The van der Waals surface area contributed by atoms with Crippen LogP contribution in [0.15, 0.2) is 11.7 Å². The fraction of sp³-hybridized carbons (Fsp3) is 0.500. The molecule has 11 heteroatoms. The molecule has 0 aromatic heterocycles. The molecule has 0 rings (SSSR count). The van der Waals surface area contributed by atoms with E-state index in [9.17, 15) is 38.6 Å². The summed E-state index contributed by atoms with van der Waals surface area (Å²) in [6.45, 7) is 0. The topological polar surface area (TPSA) is 43.4 Å². The maximum absolute atomic E-state index is 12.1. The summed E-state index contributed by atoms with van der Waals surface area (Å²) in [5.41, 5.74) is 0. The summed E-state index contributed by atoms with van der Waals surface area (Å²) in [7, 11) is -6.03. The molecule has 0 aromatic carbocycles. The van der Waals surface area contributed by atoms with Gasteiger partial charge in [0.2, 0.25) is 11.7 Å². The molecule has 0 radical (unpaired) electrons. The van der Waals surface area contributed by atoms with E-state index in [1.807, 2.05) is 0 Å². The van der Waals surface area contributed by atoms with Crippen molar-refractivity contribution in [3.05, 3.63) is 11.7 Å². The number of hydrogen-bond donors (Lipinski definition) is 0. The van der Waals surface area contributed by atoms with Crippen LogP contribution in [0.4, 0.5) is 30.2 Å². The van der Waals surface area contributed by atoms with Crippen molar-refractivity contribution in [3.63, 3.8) is 0 Å². The quantitative estimate of drug-likeness (QED) is 0.578. The first-order chi connectivity index (χ1) is 6.45. The van der Waals surface area contributed by atoms with Gasteiger partial charge in [0.05, 0.1) is 0 Å². The van der Waals surface area contributed by atoms with Crippen LogP contribution in [0.2, 0.25) is 0 Å². The standard InChI is InChI=1S/C4HF7O3S/c5-1(2(6)4(8,9)10)3(7)14-15(11,12)13/h3H/b2-1+. The van der Waals surface area contributed by atoms with Gasteiger partial charge in [0, 0.05) is 0 Å². The summed E-state index contributed by atoms with van der Waals surface area (Å²) in [6.07, 6.45) is -9.89. The van der Waals surface area contributed by atoms with Crippen LogP contribution in [0.1, 0.15) is 0 Å². The second-order valence-corrected chi connectivity index (χ2v) is 2.94. The van der Waals surface area contributed by atoms with Gasteiger partial charge in [-0.15, -0.1) is 0 Å². The van der Waals surface area contributed by atoms with E-state index in [4.69, 9.17) is 0 Å². The van der Waals surface area contributed by atoms with Gasteiger partial charge in [-0.2, -0.15) is 26.0 Å². The van der Waals surface area contributed by atoms with Crippen molar-refractivity contribution in [2.24, 2.45) is 0 Å². The molecule has 15 heavy (non-hydrogen) atoms. The summed E-state index contributed by atoms with van der Waals surface area (Å²) < 4.78 is 103. The second-order valence-electron chi connectivity index (χ2n) is 1.97. The van der Waals surface area contributed by atoms with Crippen LogP contribution >= 0.6 is 0 Å². The molecule has 0 bridgehead atoms. The van der Waals surface area contributed by atoms with Crippen LogP contribution in [-0.2, 0) is 14.7 Å². The van der Waals surface area contributed by atoms with Crippen molar-refractivity contribution < 1.29 is 42.8 Å². The van der Waals surface area contributed by atoms with Gasteiger partial charge in [-0.05, 0) is 0 Å². The molecule has 0 heterocycles. The second kappa shape index (κ2) is 4.35. The third kappa shape index (κ3) is 4.97. The average Bonchev–Trinajstić information content (AvgIpc) is 1.96. The first-order valence-corrected chi connectivity index (χ1v) is 4.15. The molecular weight excluding hydrogens is 261 g/mol. The van der Waals surface area contributed by atoms with Gasteiger partial charge in [-0.1, -0.05) is 3.89 Å². The van der Waals surface area contributed by atoms with Crippen molar-refractivity contribution in [2.75, 3.05) is 0 Å². The minimum absolute atomic E-state index is 2.48. The fourth-order valence-electron chi connectivity index (χ4n) is 0.378. The molecule has 0 N–H and O–H groups in total. The van der Waals surface area contributed by atoms with E-state index in [0.29, 0.717) is 0 Å². The highest BCUT2D eigenvalue weighted by Crippen LogP contribution is 2.32. The number of allylic oxidation sites excluding steroid dienone is 1. The molecule has 0 fully saturated rings. The highest BCUT2D eigenvalue weighted by molar-refractivity contribution is 7.81. The van der Waals surface area contributed by atoms with Crippen molar-refractivity contribution in [2.45, 2.75) is 12.5 Å². The maximum Gasteiger partial charge on any atom is 0.445 e. The summed E-state index contributed by atoms with van der Waals surface area (Å²) >= 11 is 0. The molecule has 0 saturated heterocycles. The third-order valence-corrected chi connectivity index (χ3v) is 1.26. The Bertz CT molecular complexity index is 355. The summed E-state index contributed by atoms with van der Waals surface area (Å²) in [6, 6.07) is 0. The molecule has 0 aliphatic carbocycles. The Labute approximate surface area is 78.5 Å². The van der Waals surface area contributed by atoms with Gasteiger partial charge in [-0.25, -0.2) is 13.0 Å². The maximum atomic E-state index is 12.1. The fourth-order valence-corrected chi connectivity index (χ4v) is 0.664. The van der Waals surface area contributed by atoms with Crippen LogP contribution in [-0.4, -0.2) is 21.0 Å². The van der Waals surface area contributed by atoms with Gasteiger partial charge >= 0.3 is 16.7 Å². The Balaban J connectivity index is 4.94. The van der Waals surface area contributed by atoms with Gasteiger partial charge in [0.1, 0.15) is 0 Å². The minimum atomic E-state index is -6.03. The van der Waals surface area contributed by atoms with Crippen LogP contribution < -0.4 is 0 Å². The monoisotopic (exact) mass is 262 g/mol. The van der Waals surface area contributed by atoms with Gasteiger partial charge in [0.15, 0.2) is 0 Å². The predicted octanol–water partition coefficient (Wildman–Crippen LogP) is 2.23. The zero-order chi connectivity index (χ0) is 12.4. The molecule has 0 aromatic rings. The molecule has 0 amide bonds. The lowest BCUT2D eigenvalue weighted by Gasteiger charge is -2.07. The largest absolute Gasteiger partial charge is 0.445 e. The molecule has 0 saturated carbocycles. The predicted molar refractivity (Wildman–Crippen MR) is 31.3 cm³/mol. The van der Waals surface area contributed by atoms with Crippen LogP contribution in [0, 0.1) is 0 Å². The lowest BCUT2D eigenvalue weighted by molar-refractivity contribution is -0.114. The van der Waals surface area contributed by atoms with E-state index in [0.717, 1.165) is 0 Å². The van der Waals surface area contributed by atoms with Gasteiger partial charge < -0.3 is 0 Å². The number of rotatable bonds is 3. The zero-order valence-electron chi connectivity index (χ0n) is 6.36. The first kappa shape index (κ1) is 14.2. The number of alkyl halides is 4. The van der Waals surface area contributed by atoms with Crippen molar-refractivity contribution >= 4 is 10.5 Å². The van der Waals surface area contributed by atoms with Crippen molar-refractivity contribution in [3.8, 4) is 0 Å². The Morgan fingerprint density at radius 3 is 1.87 bits per heavy atom. The SMILES string of the molecule is O=S(=O)(F)OC(F)/C(F)=C(\F)C(F)(F)F. The number of hydrogen-bond acceptors (Lipinski definition) is 3. The molecule has 90 valence electrons. The number of halogens is 7. The Morgan fingerprint density at radius 1 is 1.20 bits per heavy atom. The molecule has 0 aliphatic rings. The Hall–Kier alpha value is -0.840. The van der Waals surface area contributed by atoms with Crippen LogP contribution in [0.25, 0.3) is 0 Å². The van der Waals surface area contributed by atoms with E-state index in [2.05, 4.69) is 4.18 Å². The zero-order valence-corrected chi connectivity index (χ0v) is 7.17. The third-order valence-electron chi connectivity index (χ3n) is 0.857. The molecular formula is C4HF7O3S. The average molecular weight is 262 g/mol. The van der Waals surface area contributed by atoms with Gasteiger partial charge in [0.25, 0.3) is 6.36 Å². The summed E-state index contributed by atoms with van der Waals surface area (Å²) in [4.78, 5) is 0. The van der Waals surface area contributed by atoms with Crippen LogP contribution in [0.5, 0.6) is 0 Å². The normalized spacial score (nSPS) is 17.3. The van der Waals surface area contributed by atoms with Crippen molar-refractivity contribution in [1.29, 1.82) is 0 Å². The lowest BCUT2D eigenvalue weighted by Crippen LogP contribution is -2.17. The highest BCUT2D eigenvalue weighted by atomic mass is 32.3. The minimum Gasteiger partial charge on any atom is -0.206 e. The van der Waals surface area contributed by atoms with E-state index in [1.54, 1.807) is 0 Å². The molecule has 1 unspecified atom stereocenters. The van der Waals surface area contributed by atoms with E-state index < -0.39 is 34.7 Å². The van der Waals surface area contributed by atoms with E-state index in [-0.39, 0.29) is 0 Å². The summed E-state index contributed by atoms with van der Waals surface area (Å²) in [5.74, 6) is -6.76. The summed E-state index contributed by atoms with van der Waals surface area (Å²) in [5, 5.41) is 0.